The number of nitrogens with zero attached hydrogens (tertiary/aromatic N) is 1. The van der Waals surface area contributed by atoms with E-state index < -0.39 is 10.0 Å². The molecule has 2 rings (SSSR count). The van der Waals surface area contributed by atoms with Crippen molar-refractivity contribution in [2.75, 3.05) is 29.4 Å². The third-order valence-corrected chi connectivity index (χ3v) is 4.90. The van der Waals surface area contributed by atoms with Crippen LogP contribution in [0, 0.1) is 6.92 Å². The molecular formula is C20H27N3O3S. The Bertz CT molecular complexity index is 889. The van der Waals surface area contributed by atoms with Crippen LogP contribution in [0.2, 0.25) is 0 Å². The number of hydrogen-bond donors (Lipinski definition) is 2. The first kappa shape index (κ1) is 20.9. The van der Waals surface area contributed by atoms with Crippen molar-refractivity contribution in [2.45, 2.75) is 27.3 Å². The molecule has 0 aliphatic heterocycles. The van der Waals surface area contributed by atoms with Crippen LogP contribution in [-0.2, 0) is 16.6 Å². The third kappa shape index (κ3) is 6.37. The Hall–Kier alpha value is -2.38. The molecule has 0 aliphatic rings. The number of benzene rings is 2. The molecular weight excluding hydrogens is 362 g/mol. The lowest BCUT2D eigenvalue weighted by Gasteiger charge is -2.18. The average Bonchev–Trinajstić information content (AvgIpc) is 2.61. The highest BCUT2D eigenvalue weighted by Crippen LogP contribution is 2.22. The Labute approximate surface area is 161 Å². The lowest BCUT2D eigenvalue weighted by Crippen LogP contribution is -2.22. The van der Waals surface area contributed by atoms with E-state index in [-0.39, 0.29) is 5.91 Å². The molecule has 0 saturated carbocycles. The average molecular weight is 390 g/mol. The summed E-state index contributed by atoms with van der Waals surface area (Å²) in [5, 5.41) is 2.81. The zero-order valence-corrected chi connectivity index (χ0v) is 17.1. The molecule has 0 unspecified atom stereocenters. The molecule has 0 radical (unpaired) electrons. The number of hydrogen-bond acceptors (Lipinski definition) is 4. The van der Waals surface area contributed by atoms with Crippen LogP contribution < -0.4 is 10.0 Å². The number of sulfonamides is 1. The number of carbonyl (C=O) groups excluding carboxylic acids is 1. The molecule has 0 aromatic heterocycles. The van der Waals surface area contributed by atoms with Gasteiger partial charge in [-0.2, -0.15) is 0 Å². The van der Waals surface area contributed by atoms with Crippen molar-refractivity contribution in [2.24, 2.45) is 0 Å². The van der Waals surface area contributed by atoms with Gasteiger partial charge in [0.05, 0.1) is 11.9 Å². The Morgan fingerprint density at radius 3 is 2.22 bits per heavy atom. The van der Waals surface area contributed by atoms with Gasteiger partial charge in [-0.25, -0.2) is 8.42 Å². The lowest BCUT2D eigenvalue weighted by atomic mass is 10.1. The maximum absolute atomic E-state index is 12.5. The third-order valence-electron chi connectivity index (χ3n) is 4.31. The maximum atomic E-state index is 12.5. The second-order valence-corrected chi connectivity index (χ2v) is 8.26. The van der Waals surface area contributed by atoms with Gasteiger partial charge < -0.3 is 5.32 Å². The molecule has 7 heteroatoms. The Morgan fingerprint density at radius 2 is 1.67 bits per heavy atom. The van der Waals surface area contributed by atoms with Gasteiger partial charge in [0.25, 0.3) is 5.91 Å². The highest BCUT2D eigenvalue weighted by molar-refractivity contribution is 7.92. The number of nitrogens with one attached hydrogen (secondary N) is 2. The first-order valence-electron chi connectivity index (χ1n) is 8.93. The molecule has 146 valence electrons. The summed E-state index contributed by atoms with van der Waals surface area (Å²) in [6, 6.07) is 12.6. The summed E-state index contributed by atoms with van der Waals surface area (Å²) in [6.07, 6.45) is 1.09. The molecule has 0 spiro atoms. The molecule has 2 N–H and O–H groups in total. The second kappa shape index (κ2) is 9.01. The van der Waals surface area contributed by atoms with E-state index in [4.69, 9.17) is 0 Å². The fourth-order valence-electron chi connectivity index (χ4n) is 2.68. The van der Waals surface area contributed by atoms with E-state index in [1.54, 1.807) is 37.3 Å². The molecule has 0 saturated heterocycles. The van der Waals surface area contributed by atoms with E-state index in [9.17, 15) is 13.2 Å². The summed E-state index contributed by atoms with van der Waals surface area (Å²) in [5.41, 5.74) is 3.47. The second-order valence-electron chi connectivity index (χ2n) is 6.52. The van der Waals surface area contributed by atoms with Crippen molar-refractivity contribution in [1.29, 1.82) is 0 Å². The standard InChI is InChI=1S/C20H27N3O3S/c1-5-23(6-2)14-16-8-10-17(11-9-16)20(24)21-18-12-7-15(3)19(13-18)22-27(4,25)26/h7-13,22H,5-6,14H2,1-4H3,(H,21,24). The highest BCUT2D eigenvalue weighted by atomic mass is 32.2. The van der Waals surface area contributed by atoms with Gasteiger partial charge in [-0.3, -0.25) is 14.4 Å². The number of rotatable bonds is 8. The van der Waals surface area contributed by atoms with Gasteiger partial charge >= 0.3 is 0 Å². The zero-order valence-electron chi connectivity index (χ0n) is 16.2. The van der Waals surface area contributed by atoms with Crippen LogP contribution >= 0.6 is 0 Å². The van der Waals surface area contributed by atoms with Gasteiger partial charge in [0, 0.05) is 17.8 Å². The molecule has 0 heterocycles. The van der Waals surface area contributed by atoms with Crippen LogP contribution in [0.15, 0.2) is 42.5 Å². The summed E-state index contributed by atoms with van der Waals surface area (Å²) >= 11 is 0. The van der Waals surface area contributed by atoms with E-state index >= 15 is 0 Å². The smallest absolute Gasteiger partial charge is 0.255 e. The molecule has 0 bridgehead atoms. The summed E-state index contributed by atoms with van der Waals surface area (Å²) < 4.78 is 25.4. The first-order valence-corrected chi connectivity index (χ1v) is 10.8. The number of amides is 1. The van der Waals surface area contributed by atoms with E-state index in [2.05, 4.69) is 28.8 Å². The summed E-state index contributed by atoms with van der Waals surface area (Å²) in [7, 11) is -3.38. The van der Waals surface area contributed by atoms with Crippen molar-refractivity contribution in [3.05, 3.63) is 59.2 Å². The van der Waals surface area contributed by atoms with Crippen molar-refractivity contribution in [1.82, 2.24) is 4.90 Å². The van der Waals surface area contributed by atoms with E-state index in [1.807, 2.05) is 12.1 Å². The Balaban J connectivity index is 2.10. The van der Waals surface area contributed by atoms with E-state index in [1.165, 1.54) is 0 Å². The summed E-state index contributed by atoms with van der Waals surface area (Å²) in [4.78, 5) is 14.8. The van der Waals surface area contributed by atoms with Gasteiger partial charge in [-0.05, 0) is 55.4 Å². The molecule has 1 amide bonds. The number of carbonyl (C=O) groups is 1. The van der Waals surface area contributed by atoms with Crippen molar-refractivity contribution in [3.8, 4) is 0 Å². The summed E-state index contributed by atoms with van der Waals surface area (Å²) in [5.74, 6) is -0.237. The Kier molecular flexibility index (Phi) is 6.98. The normalized spacial score (nSPS) is 11.4. The van der Waals surface area contributed by atoms with Crippen LogP contribution in [0.1, 0.15) is 35.3 Å². The van der Waals surface area contributed by atoms with Gasteiger partial charge in [0.1, 0.15) is 0 Å². The fraction of sp³-hybridized carbons (Fsp3) is 0.350. The highest BCUT2D eigenvalue weighted by Gasteiger charge is 2.10. The van der Waals surface area contributed by atoms with Gasteiger partial charge in [-0.1, -0.05) is 32.0 Å². The van der Waals surface area contributed by atoms with Crippen molar-refractivity contribution < 1.29 is 13.2 Å². The molecule has 0 atom stereocenters. The molecule has 2 aromatic rings. The van der Waals surface area contributed by atoms with Crippen LogP contribution in [0.5, 0.6) is 0 Å². The van der Waals surface area contributed by atoms with Gasteiger partial charge in [-0.15, -0.1) is 0 Å². The van der Waals surface area contributed by atoms with E-state index in [0.717, 1.165) is 37.0 Å². The molecule has 2 aromatic carbocycles. The quantitative estimate of drug-likeness (QED) is 0.725. The van der Waals surface area contributed by atoms with Crippen LogP contribution in [0.25, 0.3) is 0 Å². The minimum Gasteiger partial charge on any atom is -0.322 e. The number of anilines is 2. The topological polar surface area (TPSA) is 78.5 Å². The van der Waals surface area contributed by atoms with E-state index in [0.29, 0.717) is 16.9 Å². The summed E-state index contributed by atoms with van der Waals surface area (Å²) in [6.45, 7) is 8.87. The van der Waals surface area contributed by atoms with Crippen LogP contribution in [0.4, 0.5) is 11.4 Å². The maximum Gasteiger partial charge on any atom is 0.255 e. The predicted molar refractivity (Wildman–Crippen MR) is 111 cm³/mol. The van der Waals surface area contributed by atoms with Crippen molar-refractivity contribution >= 4 is 27.3 Å². The Morgan fingerprint density at radius 1 is 1.04 bits per heavy atom. The minimum atomic E-state index is -3.38. The fourth-order valence-corrected chi connectivity index (χ4v) is 3.30. The molecule has 6 nitrogen and oxygen atoms in total. The molecule has 0 aliphatic carbocycles. The SMILES string of the molecule is CCN(CC)Cc1ccc(C(=O)Nc2ccc(C)c(NS(C)(=O)=O)c2)cc1. The van der Waals surface area contributed by atoms with Crippen molar-refractivity contribution in [3.63, 3.8) is 0 Å². The predicted octanol–water partition coefficient (Wildman–Crippen LogP) is 3.46. The minimum absolute atomic E-state index is 0.237. The lowest BCUT2D eigenvalue weighted by molar-refractivity contribution is 0.102. The van der Waals surface area contributed by atoms with Gasteiger partial charge in [0.2, 0.25) is 10.0 Å². The van der Waals surface area contributed by atoms with Gasteiger partial charge in [0.15, 0.2) is 0 Å². The van der Waals surface area contributed by atoms with Crippen LogP contribution in [-0.4, -0.2) is 38.6 Å². The zero-order chi connectivity index (χ0) is 20.0. The van der Waals surface area contributed by atoms with Crippen LogP contribution in [0.3, 0.4) is 0 Å². The monoisotopic (exact) mass is 389 g/mol. The molecule has 27 heavy (non-hydrogen) atoms. The molecule has 0 fully saturated rings. The first-order chi connectivity index (χ1) is 12.7. The number of aryl methyl sites for hydroxylation is 1. The largest absolute Gasteiger partial charge is 0.322 e.